The number of carbonyl (C=O) groups is 1. The van der Waals surface area contributed by atoms with Gasteiger partial charge in [-0.15, -0.1) is 0 Å². The molecule has 1 aromatic carbocycles. The van der Waals surface area contributed by atoms with Gasteiger partial charge in [0.2, 0.25) is 0 Å². The normalized spacial score (nSPS) is 10.9. The number of nitrogens with zero attached hydrogens (tertiary/aromatic N) is 1. The summed E-state index contributed by atoms with van der Waals surface area (Å²) in [6.07, 6.45) is 5.52. The molecule has 0 aliphatic rings. The highest BCUT2D eigenvalue weighted by molar-refractivity contribution is 6.35. The van der Waals surface area contributed by atoms with E-state index in [0.717, 1.165) is 36.3 Å². The molecule has 108 valence electrons. The molecule has 0 amide bonds. The van der Waals surface area contributed by atoms with Crippen molar-refractivity contribution >= 4 is 28.5 Å². The average Bonchev–Trinajstić information content (AvgIpc) is 2.83. The molecule has 0 radical (unpaired) electrons. The second-order valence-corrected chi connectivity index (χ2v) is 5.21. The first kappa shape index (κ1) is 14.9. The summed E-state index contributed by atoms with van der Waals surface area (Å²) >= 11 is 6.24. The van der Waals surface area contributed by atoms with Crippen molar-refractivity contribution in [2.75, 3.05) is 6.61 Å². The van der Waals surface area contributed by atoms with Gasteiger partial charge in [-0.25, -0.2) is 0 Å². The van der Waals surface area contributed by atoms with E-state index < -0.39 is 0 Å². The summed E-state index contributed by atoms with van der Waals surface area (Å²) in [5.41, 5.74) is 1.10. The van der Waals surface area contributed by atoms with E-state index in [1.54, 1.807) is 0 Å². The fourth-order valence-electron chi connectivity index (χ4n) is 2.36. The topological polar surface area (TPSA) is 31.2 Å². The van der Waals surface area contributed by atoms with Crippen LogP contribution in [0.4, 0.5) is 0 Å². The number of aromatic nitrogens is 1. The maximum absolute atomic E-state index is 11.2. The Morgan fingerprint density at radius 2 is 2.10 bits per heavy atom. The van der Waals surface area contributed by atoms with E-state index in [2.05, 4.69) is 22.9 Å². The van der Waals surface area contributed by atoms with Crippen LogP contribution in [0.2, 0.25) is 5.02 Å². The minimum atomic E-state index is -0.0954. The number of halogens is 1. The van der Waals surface area contributed by atoms with Crippen LogP contribution in [-0.4, -0.2) is 17.1 Å². The minimum Gasteiger partial charge on any atom is -0.466 e. The number of hydrogen-bond donors (Lipinski definition) is 0. The molecule has 0 spiro atoms. The van der Waals surface area contributed by atoms with Crippen LogP contribution in [0, 0.1) is 0 Å². The molecule has 1 aromatic heterocycles. The molecule has 0 unspecified atom stereocenters. The third-order valence-electron chi connectivity index (χ3n) is 3.32. The molecular weight excluding hydrogens is 274 g/mol. The minimum absolute atomic E-state index is 0.0954. The monoisotopic (exact) mass is 293 g/mol. The van der Waals surface area contributed by atoms with Crippen LogP contribution in [0.3, 0.4) is 0 Å². The molecule has 0 aliphatic heterocycles. The van der Waals surface area contributed by atoms with Gasteiger partial charge in [-0.3, -0.25) is 4.79 Å². The zero-order chi connectivity index (χ0) is 14.4. The Morgan fingerprint density at radius 1 is 1.25 bits per heavy atom. The lowest BCUT2D eigenvalue weighted by molar-refractivity contribution is -0.143. The highest BCUT2D eigenvalue weighted by Gasteiger charge is 2.05. The van der Waals surface area contributed by atoms with E-state index in [0.29, 0.717) is 13.0 Å². The van der Waals surface area contributed by atoms with Crippen LogP contribution >= 0.6 is 11.6 Å². The lowest BCUT2D eigenvalue weighted by Gasteiger charge is -2.07. The van der Waals surface area contributed by atoms with Crippen molar-refractivity contribution in [2.45, 2.75) is 39.2 Å². The van der Waals surface area contributed by atoms with Crippen LogP contribution < -0.4 is 0 Å². The molecular formula is C16H20ClNO2. The molecule has 0 saturated heterocycles. The molecule has 2 aromatic rings. The lowest BCUT2D eigenvalue weighted by atomic mass is 10.2. The number of esters is 1. The molecule has 4 heteroatoms. The first-order valence-electron chi connectivity index (χ1n) is 7.11. The van der Waals surface area contributed by atoms with E-state index in [1.165, 1.54) is 5.39 Å². The van der Waals surface area contributed by atoms with Crippen molar-refractivity contribution in [3.05, 3.63) is 35.5 Å². The van der Waals surface area contributed by atoms with E-state index in [1.807, 2.05) is 19.1 Å². The van der Waals surface area contributed by atoms with E-state index in [9.17, 15) is 4.79 Å². The van der Waals surface area contributed by atoms with E-state index in [-0.39, 0.29) is 5.97 Å². The van der Waals surface area contributed by atoms with Crippen LogP contribution in [-0.2, 0) is 16.1 Å². The quantitative estimate of drug-likeness (QED) is 0.559. The Morgan fingerprint density at radius 3 is 2.90 bits per heavy atom. The van der Waals surface area contributed by atoms with Crippen molar-refractivity contribution < 1.29 is 9.53 Å². The van der Waals surface area contributed by atoms with Crippen LogP contribution in [0.25, 0.3) is 10.9 Å². The summed E-state index contributed by atoms with van der Waals surface area (Å²) in [6, 6.07) is 8.04. The molecule has 2 rings (SSSR count). The van der Waals surface area contributed by atoms with Gasteiger partial charge in [0.05, 0.1) is 17.1 Å². The van der Waals surface area contributed by atoms with Crippen molar-refractivity contribution in [1.29, 1.82) is 0 Å². The maximum Gasteiger partial charge on any atom is 0.305 e. The van der Waals surface area contributed by atoms with E-state index in [4.69, 9.17) is 16.3 Å². The number of unbranched alkanes of at least 4 members (excludes halogenated alkanes) is 2. The van der Waals surface area contributed by atoms with Crippen molar-refractivity contribution in [3.63, 3.8) is 0 Å². The Bertz CT molecular complexity index is 577. The van der Waals surface area contributed by atoms with Gasteiger partial charge in [0.1, 0.15) is 0 Å². The molecule has 20 heavy (non-hydrogen) atoms. The zero-order valence-electron chi connectivity index (χ0n) is 11.8. The molecule has 0 atom stereocenters. The summed E-state index contributed by atoms with van der Waals surface area (Å²) in [4.78, 5) is 11.2. The average molecular weight is 294 g/mol. The largest absolute Gasteiger partial charge is 0.466 e. The highest BCUT2D eigenvalue weighted by atomic mass is 35.5. The fourth-order valence-corrected chi connectivity index (χ4v) is 2.65. The molecule has 3 nitrogen and oxygen atoms in total. The summed E-state index contributed by atoms with van der Waals surface area (Å²) in [7, 11) is 0. The number of aryl methyl sites for hydroxylation is 1. The Kier molecular flexibility index (Phi) is 5.48. The fraction of sp³-hybridized carbons (Fsp3) is 0.438. The van der Waals surface area contributed by atoms with Crippen molar-refractivity contribution in [1.82, 2.24) is 4.57 Å². The first-order valence-corrected chi connectivity index (χ1v) is 7.49. The van der Waals surface area contributed by atoms with Gasteiger partial charge in [-0.1, -0.05) is 30.2 Å². The number of fused-ring (bicyclic) bond motifs is 1. The Balaban J connectivity index is 1.80. The third kappa shape index (κ3) is 3.76. The molecule has 0 fully saturated rings. The number of para-hydroxylation sites is 1. The predicted octanol–water partition coefficient (Wildman–Crippen LogP) is 4.42. The second kappa shape index (κ2) is 7.34. The van der Waals surface area contributed by atoms with Crippen LogP contribution in [0.1, 0.15) is 32.6 Å². The summed E-state index contributed by atoms with van der Waals surface area (Å²) in [5, 5.41) is 1.96. The lowest BCUT2D eigenvalue weighted by Crippen LogP contribution is -2.03. The number of carbonyl (C=O) groups excluding carboxylic acids is 1. The van der Waals surface area contributed by atoms with Gasteiger partial charge in [-0.05, 0) is 31.9 Å². The molecule has 0 bridgehead atoms. The number of hydrogen-bond acceptors (Lipinski definition) is 2. The molecule has 1 heterocycles. The zero-order valence-corrected chi connectivity index (χ0v) is 12.5. The van der Waals surface area contributed by atoms with Gasteiger partial charge in [-0.2, -0.15) is 0 Å². The number of benzene rings is 1. The third-order valence-corrected chi connectivity index (χ3v) is 3.63. The Hall–Kier alpha value is -1.48. The predicted molar refractivity (Wildman–Crippen MR) is 82.0 cm³/mol. The van der Waals surface area contributed by atoms with Crippen LogP contribution in [0.5, 0.6) is 0 Å². The van der Waals surface area contributed by atoms with Gasteiger partial charge in [0.25, 0.3) is 0 Å². The van der Waals surface area contributed by atoms with Crippen molar-refractivity contribution in [2.24, 2.45) is 0 Å². The first-order chi connectivity index (χ1) is 9.72. The van der Waals surface area contributed by atoms with Gasteiger partial charge in [0.15, 0.2) is 0 Å². The summed E-state index contributed by atoms with van der Waals surface area (Å²) < 4.78 is 7.09. The highest BCUT2D eigenvalue weighted by Crippen LogP contribution is 2.24. The van der Waals surface area contributed by atoms with Gasteiger partial charge < -0.3 is 9.30 Å². The summed E-state index contributed by atoms with van der Waals surface area (Å²) in [6.45, 7) is 3.22. The SMILES string of the molecule is CCOC(=O)CCCCCn1ccc2cccc(Cl)c21. The number of rotatable bonds is 7. The van der Waals surface area contributed by atoms with Crippen LogP contribution in [0.15, 0.2) is 30.5 Å². The van der Waals surface area contributed by atoms with Gasteiger partial charge in [0, 0.05) is 24.5 Å². The second-order valence-electron chi connectivity index (χ2n) is 4.80. The number of ether oxygens (including phenoxy) is 1. The van der Waals surface area contributed by atoms with Crippen molar-refractivity contribution in [3.8, 4) is 0 Å². The van der Waals surface area contributed by atoms with E-state index >= 15 is 0 Å². The smallest absolute Gasteiger partial charge is 0.305 e. The standard InChI is InChI=1S/C16H20ClNO2/c1-2-20-15(19)9-4-3-5-11-18-12-10-13-7-6-8-14(17)16(13)18/h6-8,10,12H,2-5,9,11H2,1H3. The Labute approximate surface area is 124 Å². The maximum atomic E-state index is 11.2. The van der Waals surface area contributed by atoms with Gasteiger partial charge >= 0.3 is 5.97 Å². The molecule has 0 aliphatic carbocycles. The molecule has 0 saturated carbocycles. The molecule has 0 N–H and O–H groups in total. The summed E-state index contributed by atoms with van der Waals surface area (Å²) in [5.74, 6) is -0.0954.